The molecule has 0 saturated carbocycles. The zero-order valence-corrected chi connectivity index (χ0v) is 18.6. The Labute approximate surface area is 188 Å². The van der Waals surface area contributed by atoms with Crippen LogP contribution in [0.5, 0.6) is 0 Å². The minimum absolute atomic E-state index is 0.242. The number of sulfonamides is 1. The first kappa shape index (κ1) is 22.0. The molecule has 0 bridgehead atoms. The monoisotopic (exact) mass is 450 g/mol. The smallest absolute Gasteiger partial charge is 0.256 e. The molecule has 1 saturated heterocycles. The van der Waals surface area contributed by atoms with Crippen molar-refractivity contribution < 1.29 is 17.6 Å². The van der Waals surface area contributed by atoms with E-state index in [1.807, 2.05) is 30.3 Å². The Kier molecular flexibility index (Phi) is 6.87. The van der Waals surface area contributed by atoms with Crippen molar-refractivity contribution in [3.05, 3.63) is 84.3 Å². The van der Waals surface area contributed by atoms with Crippen LogP contribution in [0, 0.1) is 0 Å². The van der Waals surface area contributed by atoms with Crippen molar-refractivity contribution in [3.8, 4) is 0 Å². The van der Waals surface area contributed by atoms with Crippen LogP contribution >= 0.6 is 0 Å². The number of benzene rings is 2. The number of amides is 1. The van der Waals surface area contributed by atoms with Crippen molar-refractivity contribution in [1.29, 1.82) is 0 Å². The number of carbonyl (C=O) groups is 1. The molecule has 32 heavy (non-hydrogen) atoms. The summed E-state index contributed by atoms with van der Waals surface area (Å²) < 4.78 is 32.9. The number of nitrogens with zero attached hydrogens (tertiary/aromatic N) is 1. The van der Waals surface area contributed by atoms with E-state index in [1.54, 1.807) is 53.0 Å². The normalized spacial score (nSPS) is 15.8. The lowest BCUT2D eigenvalue weighted by molar-refractivity contribution is -0.111. The van der Waals surface area contributed by atoms with E-state index < -0.39 is 10.0 Å². The van der Waals surface area contributed by atoms with Gasteiger partial charge in [0.2, 0.25) is 10.0 Å². The van der Waals surface area contributed by atoms with E-state index in [4.69, 9.17) is 4.42 Å². The molecule has 1 aliphatic heterocycles. The molecule has 3 aromatic rings. The second-order valence-corrected chi connectivity index (χ2v) is 9.67. The largest absolute Gasteiger partial charge is 0.465 e. The van der Waals surface area contributed by atoms with E-state index in [2.05, 4.69) is 5.32 Å². The van der Waals surface area contributed by atoms with Crippen molar-refractivity contribution in [1.82, 2.24) is 4.31 Å². The van der Waals surface area contributed by atoms with Crippen LogP contribution in [0.15, 0.2) is 82.3 Å². The third kappa shape index (κ3) is 5.18. The average molecular weight is 451 g/mol. The molecule has 1 aromatic heterocycles. The summed E-state index contributed by atoms with van der Waals surface area (Å²) >= 11 is 0. The van der Waals surface area contributed by atoms with E-state index in [0.29, 0.717) is 30.1 Å². The summed E-state index contributed by atoms with van der Waals surface area (Å²) in [5.74, 6) is 0.258. The van der Waals surface area contributed by atoms with Crippen LogP contribution in [0.1, 0.15) is 37.0 Å². The molecule has 1 N–H and O–H groups in total. The molecular formula is C25H26N2O4S. The molecule has 2 aromatic carbocycles. The molecule has 4 rings (SSSR count). The number of anilines is 1. The Morgan fingerprint density at radius 1 is 0.875 bits per heavy atom. The SMILES string of the molecule is O=C(Nc1ccc(S(=O)(=O)N2CCCCCC2)cc1)/C(=C/c1ccco1)c1ccccc1. The van der Waals surface area contributed by atoms with Gasteiger partial charge in [-0.2, -0.15) is 4.31 Å². The Morgan fingerprint density at radius 2 is 1.56 bits per heavy atom. The van der Waals surface area contributed by atoms with E-state index in [-0.39, 0.29) is 10.8 Å². The molecule has 166 valence electrons. The molecule has 0 atom stereocenters. The predicted molar refractivity (Wildman–Crippen MR) is 125 cm³/mol. The Hall–Kier alpha value is -3.16. The van der Waals surface area contributed by atoms with Crippen LogP contribution in [0.2, 0.25) is 0 Å². The molecule has 2 heterocycles. The third-order valence-corrected chi connectivity index (χ3v) is 7.39. The predicted octanol–water partition coefficient (Wildman–Crippen LogP) is 5.02. The molecule has 6 nitrogen and oxygen atoms in total. The summed E-state index contributed by atoms with van der Waals surface area (Å²) in [6.07, 6.45) is 7.13. The van der Waals surface area contributed by atoms with Gasteiger partial charge >= 0.3 is 0 Å². The number of hydrogen-bond donors (Lipinski definition) is 1. The van der Waals surface area contributed by atoms with E-state index >= 15 is 0 Å². The molecule has 1 aliphatic rings. The lowest BCUT2D eigenvalue weighted by Crippen LogP contribution is -2.31. The zero-order valence-electron chi connectivity index (χ0n) is 17.7. The lowest BCUT2D eigenvalue weighted by atomic mass is 10.0. The fourth-order valence-corrected chi connectivity index (χ4v) is 5.27. The molecule has 0 spiro atoms. The fourth-order valence-electron chi connectivity index (χ4n) is 3.75. The Balaban J connectivity index is 1.53. The minimum Gasteiger partial charge on any atom is -0.465 e. The van der Waals surface area contributed by atoms with Gasteiger partial charge in [0.1, 0.15) is 5.76 Å². The molecule has 7 heteroatoms. The van der Waals surface area contributed by atoms with Gasteiger partial charge in [-0.25, -0.2) is 8.42 Å². The average Bonchev–Trinajstić information content (AvgIpc) is 3.17. The van der Waals surface area contributed by atoms with Gasteiger partial charge in [0.15, 0.2) is 0 Å². The van der Waals surface area contributed by atoms with Gasteiger partial charge in [-0.15, -0.1) is 0 Å². The van der Waals surface area contributed by atoms with Gasteiger partial charge in [-0.3, -0.25) is 4.79 Å². The Morgan fingerprint density at radius 3 is 2.19 bits per heavy atom. The highest BCUT2D eigenvalue weighted by Gasteiger charge is 2.25. The third-order valence-electron chi connectivity index (χ3n) is 5.47. The first-order valence-corrected chi connectivity index (χ1v) is 12.2. The van der Waals surface area contributed by atoms with E-state index in [0.717, 1.165) is 31.2 Å². The number of nitrogens with one attached hydrogen (secondary N) is 1. The van der Waals surface area contributed by atoms with E-state index in [1.165, 1.54) is 0 Å². The van der Waals surface area contributed by atoms with Crippen molar-refractivity contribution >= 4 is 33.3 Å². The first-order chi connectivity index (χ1) is 15.5. The standard InChI is InChI=1S/C25H26N2O4S/c28-25(24(19-22-11-8-18-31-22)20-9-4-3-5-10-20)26-21-12-14-23(15-13-21)32(29,30)27-16-6-1-2-7-17-27/h3-5,8-15,18-19H,1-2,6-7,16-17H2,(H,26,28)/b24-19+. The lowest BCUT2D eigenvalue weighted by Gasteiger charge is -2.20. The van der Waals surface area contributed by atoms with Gasteiger partial charge in [0, 0.05) is 18.8 Å². The van der Waals surface area contributed by atoms with Gasteiger partial charge in [0.25, 0.3) is 5.91 Å². The van der Waals surface area contributed by atoms with Crippen LogP contribution < -0.4 is 5.32 Å². The fraction of sp³-hybridized carbons (Fsp3) is 0.240. The highest BCUT2D eigenvalue weighted by atomic mass is 32.2. The highest BCUT2D eigenvalue weighted by Crippen LogP contribution is 2.24. The van der Waals surface area contributed by atoms with Crippen molar-refractivity contribution in [2.75, 3.05) is 18.4 Å². The van der Waals surface area contributed by atoms with Crippen LogP contribution in [-0.2, 0) is 14.8 Å². The number of furan rings is 1. The van der Waals surface area contributed by atoms with Crippen LogP contribution in [-0.4, -0.2) is 31.7 Å². The summed E-state index contributed by atoms with van der Waals surface area (Å²) in [4.78, 5) is 13.3. The molecular weight excluding hydrogens is 424 g/mol. The number of rotatable bonds is 6. The maximum absolute atomic E-state index is 13.1. The number of hydrogen-bond acceptors (Lipinski definition) is 4. The summed E-state index contributed by atoms with van der Waals surface area (Å²) in [5, 5.41) is 2.86. The van der Waals surface area contributed by atoms with Crippen molar-refractivity contribution in [3.63, 3.8) is 0 Å². The van der Waals surface area contributed by atoms with E-state index in [9.17, 15) is 13.2 Å². The van der Waals surface area contributed by atoms with Crippen LogP contribution in [0.3, 0.4) is 0 Å². The summed E-state index contributed by atoms with van der Waals surface area (Å²) in [6.45, 7) is 1.11. The molecule has 0 radical (unpaired) electrons. The summed E-state index contributed by atoms with van der Waals surface area (Å²) in [6, 6.07) is 19.2. The zero-order chi connectivity index (χ0) is 22.4. The van der Waals surface area contributed by atoms with Crippen LogP contribution in [0.4, 0.5) is 5.69 Å². The summed E-state index contributed by atoms with van der Waals surface area (Å²) in [5.41, 5.74) is 1.72. The van der Waals surface area contributed by atoms with Gasteiger partial charge in [0.05, 0.1) is 16.7 Å². The number of carbonyl (C=O) groups excluding carboxylic acids is 1. The summed E-state index contributed by atoms with van der Waals surface area (Å²) in [7, 11) is -3.53. The van der Waals surface area contributed by atoms with Gasteiger partial charge in [-0.1, -0.05) is 43.2 Å². The van der Waals surface area contributed by atoms with Crippen molar-refractivity contribution in [2.45, 2.75) is 30.6 Å². The molecule has 0 unspecified atom stereocenters. The Bertz CT molecular complexity index is 1160. The quantitative estimate of drug-likeness (QED) is 0.535. The van der Waals surface area contributed by atoms with Gasteiger partial charge in [-0.05, 0) is 60.9 Å². The molecule has 0 aliphatic carbocycles. The van der Waals surface area contributed by atoms with Gasteiger partial charge < -0.3 is 9.73 Å². The highest BCUT2D eigenvalue weighted by molar-refractivity contribution is 7.89. The van der Waals surface area contributed by atoms with Crippen molar-refractivity contribution in [2.24, 2.45) is 0 Å². The second-order valence-electron chi connectivity index (χ2n) is 7.74. The second kappa shape index (κ2) is 9.97. The molecule has 1 amide bonds. The first-order valence-electron chi connectivity index (χ1n) is 10.8. The van der Waals surface area contributed by atoms with Crippen LogP contribution in [0.25, 0.3) is 11.6 Å². The maximum Gasteiger partial charge on any atom is 0.256 e. The maximum atomic E-state index is 13.1. The molecule has 1 fully saturated rings. The minimum atomic E-state index is -3.53. The topological polar surface area (TPSA) is 79.6 Å².